The van der Waals surface area contributed by atoms with Crippen LogP contribution in [0.25, 0.3) is 0 Å². The normalized spacial score (nSPS) is 11.3. The highest BCUT2D eigenvalue weighted by Gasteiger charge is 2.33. The topological polar surface area (TPSA) is 88.9 Å². The molecule has 3 rings (SSSR count). The van der Waals surface area contributed by atoms with Crippen LogP contribution in [0.3, 0.4) is 0 Å². The molecule has 0 fully saturated rings. The average molecular weight is 439 g/mol. The molecular formula is C19H14F5N5O2. The van der Waals surface area contributed by atoms with E-state index in [-0.39, 0.29) is 17.1 Å². The van der Waals surface area contributed by atoms with E-state index in [1.807, 2.05) is 0 Å². The Balaban J connectivity index is 1.72. The number of amides is 2. The van der Waals surface area contributed by atoms with E-state index in [2.05, 4.69) is 20.9 Å². The van der Waals surface area contributed by atoms with E-state index in [0.29, 0.717) is 6.07 Å². The van der Waals surface area contributed by atoms with E-state index in [1.165, 1.54) is 19.1 Å². The third-order valence-corrected chi connectivity index (χ3v) is 4.18. The van der Waals surface area contributed by atoms with Crippen LogP contribution in [0.15, 0.2) is 42.5 Å². The maximum Gasteiger partial charge on any atom is 0.418 e. The highest BCUT2D eigenvalue weighted by atomic mass is 19.4. The molecule has 0 radical (unpaired) electrons. The third-order valence-electron chi connectivity index (χ3n) is 4.18. The molecule has 0 spiro atoms. The van der Waals surface area contributed by atoms with Gasteiger partial charge in [-0.1, -0.05) is 17.3 Å². The third kappa shape index (κ3) is 5.02. The molecule has 12 heteroatoms. The molecule has 3 aromatic rings. The second kappa shape index (κ2) is 8.50. The van der Waals surface area contributed by atoms with Gasteiger partial charge in [-0.15, -0.1) is 5.10 Å². The summed E-state index contributed by atoms with van der Waals surface area (Å²) in [6, 6.07) is 7.01. The van der Waals surface area contributed by atoms with Gasteiger partial charge in [-0.3, -0.25) is 9.59 Å². The van der Waals surface area contributed by atoms with Gasteiger partial charge in [0.1, 0.15) is 18.2 Å². The fourth-order valence-corrected chi connectivity index (χ4v) is 2.66. The molecule has 2 N–H and O–H groups in total. The first-order chi connectivity index (χ1) is 14.6. The number of alkyl halides is 3. The zero-order chi connectivity index (χ0) is 22.8. The lowest BCUT2D eigenvalue weighted by molar-refractivity contribution is -0.137. The van der Waals surface area contributed by atoms with Gasteiger partial charge in [0, 0.05) is 6.07 Å². The number of halogens is 5. The van der Waals surface area contributed by atoms with Gasteiger partial charge in [0.05, 0.1) is 22.6 Å². The molecule has 0 aliphatic rings. The van der Waals surface area contributed by atoms with Crippen LogP contribution in [0.2, 0.25) is 0 Å². The van der Waals surface area contributed by atoms with E-state index >= 15 is 0 Å². The van der Waals surface area contributed by atoms with E-state index in [4.69, 9.17) is 0 Å². The van der Waals surface area contributed by atoms with Gasteiger partial charge in [-0.25, -0.2) is 13.5 Å². The number of para-hydroxylation sites is 1. The lowest BCUT2D eigenvalue weighted by atomic mass is 10.1. The molecule has 0 atom stereocenters. The summed E-state index contributed by atoms with van der Waals surface area (Å²) in [5.74, 6) is -3.52. The lowest BCUT2D eigenvalue weighted by Gasteiger charge is -2.13. The van der Waals surface area contributed by atoms with Crippen LogP contribution in [0.4, 0.5) is 33.3 Å². The van der Waals surface area contributed by atoms with Crippen LogP contribution in [0.5, 0.6) is 0 Å². The summed E-state index contributed by atoms with van der Waals surface area (Å²) in [5.41, 5.74) is -1.86. The SMILES string of the molecule is Cc1c(C(=O)Nc2ccc(F)cc2F)nnn1CC(=O)Nc1ccccc1C(F)(F)F. The van der Waals surface area contributed by atoms with Crippen LogP contribution in [-0.2, 0) is 17.5 Å². The summed E-state index contributed by atoms with van der Waals surface area (Å²) < 4.78 is 66.8. The molecule has 0 aliphatic carbocycles. The lowest BCUT2D eigenvalue weighted by Crippen LogP contribution is -2.22. The predicted octanol–water partition coefficient (Wildman–Crippen LogP) is 3.77. The second-order valence-electron chi connectivity index (χ2n) is 6.35. The Morgan fingerprint density at radius 2 is 1.74 bits per heavy atom. The number of carbonyl (C=O) groups excluding carboxylic acids is 2. The van der Waals surface area contributed by atoms with Crippen LogP contribution in [0, 0.1) is 18.6 Å². The minimum absolute atomic E-state index is 0.110. The van der Waals surface area contributed by atoms with Crippen molar-refractivity contribution < 1.29 is 31.5 Å². The Labute approximate surface area is 171 Å². The van der Waals surface area contributed by atoms with Crippen molar-refractivity contribution in [1.29, 1.82) is 0 Å². The smallest absolute Gasteiger partial charge is 0.324 e. The van der Waals surface area contributed by atoms with Crippen molar-refractivity contribution in [2.24, 2.45) is 0 Å². The summed E-state index contributed by atoms with van der Waals surface area (Å²) in [6.45, 7) is 0.871. The summed E-state index contributed by atoms with van der Waals surface area (Å²) in [5, 5.41) is 11.6. The molecule has 2 amide bonds. The standard InChI is InChI=1S/C19H14F5N5O2/c1-10-17(18(31)26-15-7-6-11(20)8-13(15)21)27-28-29(10)9-16(30)25-14-5-3-2-4-12(14)19(22,23)24/h2-8H,9H2,1H3,(H,25,30)(H,26,31). The highest BCUT2D eigenvalue weighted by Crippen LogP contribution is 2.34. The minimum atomic E-state index is -4.66. The average Bonchev–Trinajstić information content (AvgIpc) is 3.04. The molecule has 2 aromatic carbocycles. The first-order valence-electron chi connectivity index (χ1n) is 8.69. The van der Waals surface area contributed by atoms with Gasteiger partial charge in [0.15, 0.2) is 5.69 Å². The van der Waals surface area contributed by atoms with E-state index < -0.39 is 47.4 Å². The quantitative estimate of drug-likeness (QED) is 0.593. The summed E-state index contributed by atoms with van der Waals surface area (Å²) >= 11 is 0. The van der Waals surface area contributed by atoms with E-state index in [1.54, 1.807) is 0 Å². The van der Waals surface area contributed by atoms with Gasteiger partial charge in [-0.2, -0.15) is 13.2 Å². The predicted molar refractivity (Wildman–Crippen MR) is 99.1 cm³/mol. The van der Waals surface area contributed by atoms with Crippen LogP contribution < -0.4 is 10.6 Å². The maximum atomic E-state index is 13.7. The fraction of sp³-hybridized carbons (Fsp3) is 0.158. The molecule has 7 nitrogen and oxygen atoms in total. The Morgan fingerprint density at radius 1 is 1.03 bits per heavy atom. The fourth-order valence-electron chi connectivity index (χ4n) is 2.66. The molecule has 162 valence electrons. The molecule has 31 heavy (non-hydrogen) atoms. The number of hydrogen-bond acceptors (Lipinski definition) is 4. The van der Waals surface area contributed by atoms with Crippen LogP contribution in [0.1, 0.15) is 21.7 Å². The Hall–Kier alpha value is -3.83. The Bertz CT molecular complexity index is 1140. The van der Waals surface area contributed by atoms with Crippen molar-refractivity contribution >= 4 is 23.2 Å². The van der Waals surface area contributed by atoms with Gasteiger partial charge >= 0.3 is 6.18 Å². The Kier molecular flexibility index (Phi) is 5.99. The number of aromatic nitrogens is 3. The number of carbonyl (C=O) groups is 2. The number of rotatable bonds is 5. The minimum Gasteiger partial charge on any atom is -0.324 e. The number of nitrogens with one attached hydrogen (secondary N) is 2. The zero-order valence-electron chi connectivity index (χ0n) is 15.8. The van der Waals surface area contributed by atoms with Crippen LogP contribution >= 0.6 is 0 Å². The number of hydrogen-bond donors (Lipinski definition) is 2. The first kappa shape index (κ1) is 21.9. The molecule has 0 bridgehead atoms. The Morgan fingerprint density at radius 3 is 2.42 bits per heavy atom. The van der Waals surface area contributed by atoms with E-state index in [9.17, 15) is 31.5 Å². The molecule has 0 saturated heterocycles. The van der Waals surface area contributed by atoms with Crippen molar-refractivity contribution in [3.8, 4) is 0 Å². The zero-order valence-corrected chi connectivity index (χ0v) is 15.8. The van der Waals surface area contributed by atoms with Crippen molar-refractivity contribution in [2.75, 3.05) is 10.6 Å². The molecule has 0 aliphatic heterocycles. The summed E-state index contributed by atoms with van der Waals surface area (Å²) in [6.07, 6.45) is -4.66. The highest BCUT2D eigenvalue weighted by molar-refractivity contribution is 6.03. The van der Waals surface area contributed by atoms with E-state index in [0.717, 1.165) is 28.9 Å². The largest absolute Gasteiger partial charge is 0.418 e. The van der Waals surface area contributed by atoms with Gasteiger partial charge in [-0.05, 0) is 31.2 Å². The van der Waals surface area contributed by atoms with Crippen molar-refractivity contribution in [2.45, 2.75) is 19.6 Å². The number of anilines is 2. The number of nitrogens with zero attached hydrogens (tertiary/aromatic N) is 3. The summed E-state index contributed by atoms with van der Waals surface area (Å²) in [4.78, 5) is 24.5. The number of benzene rings is 2. The van der Waals surface area contributed by atoms with Gasteiger partial charge < -0.3 is 10.6 Å². The van der Waals surface area contributed by atoms with Gasteiger partial charge in [0.25, 0.3) is 5.91 Å². The summed E-state index contributed by atoms with van der Waals surface area (Å²) in [7, 11) is 0. The molecule has 1 heterocycles. The first-order valence-corrected chi connectivity index (χ1v) is 8.69. The molecule has 0 saturated carbocycles. The monoisotopic (exact) mass is 439 g/mol. The van der Waals surface area contributed by atoms with Gasteiger partial charge in [0.2, 0.25) is 5.91 Å². The van der Waals surface area contributed by atoms with Crippen molar-refractivity contribution in [3.63, 3.8) is 0 Å². The maximum absolute atomic E-state index is 13.7. The van der Waals surface area contributed by atoms with Crippen LogP contribution in [-0.4, -0.2) is 26.8 Å². The molecule has 1 aromatic heterocycles. The molecule has 0 unspecified atom stereocenters. The second-order valence-corrected chi connectivity index (χ2v) is 6.35. The molecular weight excluding hydrogens is 425 g/mol. The van der Waals surface area contributed by atoms with Crippen molar-refractivity contribution in [1.82, 2.24) is 15.0 Å². The van der Waals surface area contributed by atoms with Crippen molar-refractivity contribution in [3.05, 3.63) is 71.1 Å².